The fraction of sp³-hybridized carbons (Fsp3) is 0.524. The Hall–Kier alpha value is -2.16. The van der Waals surface area contributed by atoms with Gasteiger partial charge in [0.1, 0.15) is 11.4 Å². The summed E-state index contributed by atoms with van der Waals surface area (Å²) in [5.41, 5.74) is 0.126. The molecule has 1 aliphatic rings. The Morgan fingerprint density at radius 2 is 2.03 bits per heavy atom. The maximum Gasteiger partial charge on any atom is 0.191 e. The molecule has 1 atom stereocenters. The van der Waals surface area contributed by atoms with E-state index in [0.29, 0.717) is 19.0 Å². The lowest BCUT2D eigenvalue weighted by Gasteiger charge is -2.33. The lowest BCUT2D eigenvalue weighted by Crippen LogP contribution is -2.44. The lowest BCUT2D eigenvalue weighted by molar-refractivity contribution is 0.0655. The molecule has 0 spiro atoms. The smallest absolute Gasteiger partial charge is 0.191 e. The number of thiophene rings is 1. The van der Waals surface area contributed by atoms with E-state index in [0.717, 1.165) is 49.0 Å². The number of nitrogens with one attached hydrogen (secondary N) is 2. The number of hydrogen-bond donors (Lipinski definition) is 3. The van der Waals surface area contributed by atoms with Crippen LogP contribution in [0.4, 0.5) is 5.82 Å². The van der Waals surface area contributed by atoms with E-state index in [1.54, 1.807) is 11.3 Å². The second-order valence-corrected chi connectivity index (χ2v) is 8.56. The van der Waals surface area contributed by atoms with Crippen LogP contribution >= 0.6 is 11.3 Å². The standard InChI is InChI=1S/C21H32N6OS/c1-4-22-20(25-16-21(2,28)18-6-5-13-29-18)24-15-17-7-8-19(23-14-17)27-11-9-26(3)10-12-27/h5-8,13-14,28H,4,9-12,15-16H2,1-3H3,(H2,22,24,25). The first-order valence-corrected chi connectivity index (χ1v) is 11.0. The molecule has 1 saturated heterocycles. The molecule has 7 nitrogen and oxygen atoms in total. The highest BCUT2D eigenvalue weighted by Gasteiger charge is 2.24. The predicted molar refractivity (Wildman–Crippen MR) is 121 cm³/mol. The number of aliphatic hydroxyl groups is 1. The van der Waals surface area contributed by atoms with Crippen molar-refractivity contribution in [1.29, 1.82) is 0 Å². The van der Waals surface area contributed by atoms with Crippen LogP contribution in [0.15, 0.2) is 40.8 Å². The van der Waals surface area contributed by atoms with Gasteiger partial charge in [0.05, 0.1) is 13.1 Å². The van der Waals surface area contributed by atoms with Crippen LogP contribution in [0, 0.1) is 0 Å². The molecule has 2 aromatic heterocycles. The van der Waals surface area contributed by atoms with Crippen molar-refractivity contribution in [3.63, 3.8) is 0 Å². The van der Waals surface area contributed by atoms with Gasteiger partial charge in [-0.2, -0.15) is 0 Å². The third kappa shape index (κ3) is 6.16. The summed E-state index contributed by atoms with van der Waals surface area (Å²) in [6.45, 7) is 9.69. The lowest BCUT2D eigenvalue weighted by atomic mass is 10.1. The predicted octanol–water partition coefficient (Wildman–Crippen LogP) is 1.86. The molecule has 0 amide bonds. The van der Waals surface area contributed by atoms with Crippen LogP contribution in [-0.2, 0) is 12.1 Å². The van der Waals surface area contributed by atoms with E-state index in [-0.39, 0.29) is 0 Å². The van der Waals surface area contributed by atoms with Gasteiger partial charge < -0.3 is 25.5 Å². The van der Waals surface area contributed by atoms with Crippen molar-refractivity contribution in [2.24, 2.45) is 4.99 Å². The molecule has 8 heteroatoms. The number of guanidine groups is 1. The summed E-state index contributed by atoms with van der Waals surface area (Å²) in [6.07, 6.45) is 1.91. The molecule has 3 N–H and O–H groups in total. The van der Waals surface area contributed by atoms with Gasteiger partial charge in [-0.1, -0.05) is 12.1 Å². The Bertz CT molecular complexity index is 767. The van der Waals surface area contributed by atoms with E-state index in [1.807, 2.05) is 37.6 Å². The maximum atomic E-state index is 10.7. The molecular formula is C21H32N6OS. The van der Waals surface area contributed by atoms with E-state index in [2.05, 4.69) is 49.6 Å². The highest BCUT2D eigenvalue weighted by molar-refractivity contribution is 7.10. The van der Waals surface area contributed by atoms with E-state index >= 15 is 0 Å². The Morgan fingerprint density at radius 1 is 1.24 bits per heavy atom. The fourth-order valence-corrected chi connectivity index (χ4v) is 3.96. The molecule has 3 rings (SSSR count). The molecule has 158 valence electrons. The molecule has 2 aromatic rings. The third-order valence-electron chi connectivity index (χ3n) is 5.05. The van der Waals surface area contributed by atoms with Crippen molar-refractivity contribution in [3.8, 4) is 0 Å². The van der Waals surface area contributed by atoms with Gasteiger partial charge >= 0.3 is 0 Å². The second-order valence-electron chi connectivity index (χ2n) is 7.61. The second kappa shape index (κ2) is 10.0. The monoisotopic (exact) mass is 416 g/mol. The average Bonchev–Trinajstić information content (AvgIpc) is 3.27. The zero-order valence-electron chi connectivity index (χ0n) is 17.6. The molecule has 1 fully saturated rings. The summed E-state index contributed by atoms with van der Waals surface area (Å²) in [6, 6.07) is 8.07. The van der Waals surface area contributed by atoms with Crippen molar-refractivity contribution in [3.05, 3.63) is 46.3 Å². The summed E-state index contributed by atoms with van der Waals surface area (Å²) >= 11 is 1.55. The van der Waals surface area contributed by atoms with Crippen molar-refractivity contribution < 1.29 is 5.11 Å². The van der Waals surface area contributed by atoms with Gasteiger partial charge in [0, 0.05) is 43.8 Å². The minimum Gasteiger partial charge on any atom is -0.383 e. The third-order valence-corrected chi connectivity index (χ3v) is 6.18. The number of likely N-dealkylation sites (N-methyl/N-ethyl adjacent to an activating group) is 1. The Balaban J connectivity index is 1.56. The average molecular weight is 417 g/mol. The summed E-state index contributed by atoms with van der Waals surface area (Å²) in [7, 11) is 2.15. The SMILES string of the molecule is CCNC(=NCc1ccc(N2CCN(C)CC2)nc1)NCC(C)(O)c1cccs1. The van der Waals surface area contributed by atoms with Crippen molar-refractivity contribution >= 4 is 23.1 Å². The largest absolute Gasteiger partial charge is 0.383 e. The summed E-state index contributed by atoms with van der Waals surface area (Å²) < 4.78 is 0. The van der Waals surface area contributed by atoms with Crippen LogP contribution in [0.25, 0.3) is 0 Å². The number of hydrogen-bond acceptors (Lipinski definition) is 6. The van der Waals surface area contributed by atoms with Crippen molar-refractivity contribution in [2.75, 3.05) is 51.2 Å². The number of nitrogens with zero attached hydrogens (tertiary/aromatic N) is 4. The Morgan fingerprint density at radius 3 is 2.66 bits per heavy atom. The van der Waals surface area contributed by atoms with Crippen LogP contribution in [0.3, 0.4) is 0 Å². The number of aromatic nitrogens is 1. The molecule has 29 heavy (non-hydrogen) atoms. The normalized spacial score (nSPS) is 17.8. The van der Waals surface area contributed by atoms with Gasteiger partial charge in [0.15, 0.2) is 5.96 Å². The zero-order chi connectivity index (χ0) is 20.7. The molecule has 1 unspecified atom stereocenters. The van der Waals surface area contributed by atoms with Crippen LogP contribution in [0.2, 0.25) is 0 Å². The van der Waals surface area contributed by atoms with Crippen molar-refractivity contribution in [1.82, 2.24) is 20.5 Å². The first-order chi connectivity index (χ1) is 14.0. The molecule has 1 aliphatic heterocycles. The summed E-state index contributed by atoms with van der Waals surface area (Å²) in [5.74, 6) is 1.72. The molecular weight excluding hydrogens is 384 g/mol. The zero-order valence-corrected chi connectivity index (χ0v) is 18.4. The molecule has 0 aliphatic carbocycles. The van der Waals surface area contributed by atoms with Crippen LogP contribution in [-0.4, -0.2) is 67.3 Å². The number of anilines is 1. The number of rotatable bonds is 7. The number of pyridine rings is 1. The fourth-order valence-electron chi connectivity index (χ4n) is 3.17. The van der Waals surface area contributed by atoms with Crippen LogP contribution in [0.1, 0.15) is 24.3 Å². The van der Waals surface area contributed by atoms with Crippen molar-refractivity contribution in [2.45, 2.75) is 26.0 Å². The molecule has 0 radical (unpaired) electrons. The quantitative estimate of drug-likeness (QED) is 0.473. The van der Waals surface area contributed by atoms with Gasteiger partial charge in [-0.15, -0.1) is 11.3 Å². The van der Waals surface area contributed by atoms with Gasteiger partial charge in [-0.3, -0.25) is 0 Å². The highest BCUT2D eigenvalue weighted by atomic mass is 32.1. The van der Waals surface area contributed by atoms with Gasteiger partial charge in [0.25, 0.3) is 0 Å². The first-order valence-electron chi connectivity index (χ1n) is 10.1. The van der Waals surface area contributed by atoms with E-state index in [1.165, 1.54) is 0 Å². The Kier molecular flexibility index (Phi) is 7.46. The number of aliphatic imine (C=N–C) groups is 1. The number of piperazine rings is 1. The molecule has 0 bridgehead atoms. The molecule has 3 heterocycles. The summed E-state index contributed by atoms with van der Waals surface area (Å²) in [4.78, 5) is 14.9. The summed E-state index contributed by atoms with van der Waals surface area (Å²) in [5, 5.41) is 19.2. The van der Waals surface area contributed by atoms with Gasteiger partial charge in [0.2, 0.25) is 0 Å². The maximum absolute atomic E-state index is 10.7. The van der Waals surface area contributed by atoms with Crippen LogP contribution < -0.4 is 15.5 Å². The van der Waals surface area contributed by atoms with Gasteiger partial charge in [-0.05, 0) is 44.0 Å². The minimum absolute atomic E-state index is 0.389. The van der Waals surface area contributed by atoms with E-state index in [9.17, 15) is 5.11 Å². The minimum atomic E-state index is -0.934. The van der Waals surface area contributed by atoms with E-state index in [4.69, 9.17) is 0 Å². The highest BCUT2D eigenvalue weighted by Crippen LogP contribution is 2.24. The van der Waals surface area contributed by atoms with Crippen LogP contribution in [0.5, 0.6) is 0 Å². The van der Waals surface area contributed by atoms with E-state index < -0.39 is 5.60 Å². The molecule has 0 aromatic carbocycles. The van der Waals surface area contributed by atoms with Gasteiger partial charge in [-0.25, -0.2) is 9.98 Å². The first kappa shape index (κ1) is 21.5. The Labute approximate surface area is 177 Å². The topological polar surface area (TPSA) is 76.0 Å². The molecule has 0 saturated carbocycles.